The fourth-order valence-corrected chi connectivity index (χ4v) is 7.05. The molecule has 2 aromatic rings. The summed E-state index contributed by atoms with van der Waals surface area (Å²) in [6.45, 7) is 12.4. The van der Waals surface area contributed by atoms with E-state index in [4.69, 9.17) is 9.90 Å². The number of phenolic OH excluding ortho intramolecular Hbond substituents is 2. The molecular weight excluding hydrogens is 599 g/mol. The number of non-ortho nitro benzene ring substituents is 2. The average molecular weight is 639 g/mol. The summed E-state index contributed by atoms with van der Waals surface area (Å²) >= 11 is 0.0520. The van der Waals surface area contributed by atoms with Crippen molar-refractivity contribution in [3.05, 3.63) is 66.7 Å². The van der Waals surface area contributed by atoms with Gasteiger partial charge in [-0.2, -0.15) is 0 Å². The zero-order valence-electron chi connectivity index (χ0n) is 25.5. The van der Waals surface area contributed by atoms with Gasteiger partial charge in [0, 0.05) is 5.97 Å². The van der Waals surface area contributed by atoms with Crippen LogP contribution < -0.4 is 5.11 Å². The summed E-state index contributed by atoms with van der Waals surface area (Å²) in [4.78, 5) is 31.4. The molecule has 1 saturated carbocycles. The number of carboxylic acid groups (broad SMARTS) is 1. The van der Waals surface area contributed by atoms with Crippen LogP contribution in [0.3, 0.4) is 0 Å². The standard InChI is InChI=1S/C28H36N4O6.C2H4O2.Mn/c1-27(2,3)21-13-19(31(35)36)11-17(25(21)33)15-29-23-9-7-8-10-24(23)30-16-18-12-20(32(37)38)14-22(26(18)34)28(4,5)6;1-2(3)4;/h11-16,23-24,33-34H,7-10H2,1-6H3;1H3,(H,3,4);/q;;+2/p-1/t23-,24-;;/m1../s1. The summed E-state index contributed by atoms with van der Waals surface area (Å²) in [7, 11) is 0. The number of nitrogens with zero attached hydrogens (tertiary/aromatic N) is 4. The molecule has 1 saturated heterocycles. The van der Waals surface area contributed by atoms with Crippen molar-refractivity contribution >= 4 is 29.8 Å². The molecule has 2 aliphatic rings. The first kappa shape index (κ1) is 33.7. The number of nitro benzene ring substituents is 2. The number of hydrogen-bond donors (Lipinski definition) is 2. The summed E-state index contributed by atoms with van der Waals surface area (Å²) < 4.78 is 4.24. The molecule has 0 radical (unpaired) electrons. The van der Waals surface area contributed by atoms with Crippen molar-refractivity contribution in [1.29, 1.82) is 0 Å². The molecule has 13 heteroatoms. The number of carboxylic acids is 1. The van der Waals surface area contributed by atoms with Gasteiger partial charge in [0.05, 0.1) is 0 Å². The van der Waals surface area contributed by atoms with Crippen LogP contribution in [-0.2, 0) is 31.0 Å². The molecule has 1 aliphatic heterocycles. The summed E-state index contributed by atoms with van der Waals surface area (Å²) in [5, 5.41) is 54.5. The predicted molar refractivity (Wildman–Crippen MR) is 155 cm³/mol. The number of aromatic hydroxyl groups is 2. The molecule has 1 heterocycles. The third kappa shape index (κ3) is 7.97. The maximum absolute atomic E-state index is 11.7. The quantitative estimate of drug-likeness (QED) is 0.287. The second-order valence-electron chi connectivity index (χ2n) is 12.8. The molecule has 1 aliphatic carbocycles. The number of carbonyl (C=O) groups excluding carboxylic acids is 1. The Kier molecular flexibility index (Phi) is 10.0. The topological polar surface area (TPSA) is 173 Å². The van der Waals surface area contributed by atoms with Crippen LogP contribution in [0, 0.1) is 20.2 Å². The van der Waals surface area contributed by atoms with Crippen LogP contribution in [0.15, 0.2) is 24.3 Å². The second kappa shape index (κ2) is 12.8. The van der Waals surface area contributed by atoms with Crippen LogP contribution in [0.25, 0.3) is 0 Å². The molecule has 0 amide bonds. The fourth-order valence-electron chi connectivity index (χ4n) is 5.21. The first-order chi connectivity index (χ1) is 19.8. The van der Waals surface area contributed by atoms with Gasteiger partial charge in [-0.3, -0.25) is 0 Å². The Labute approximate surface area is 257 Å². The van der Waals surface area contributed by atoms with E-state index >= 15 is 0 Å². The molecule has 0 bridgehead atoms. The molecule has 2 aromatic carbocycles. The van der Waals surface area contributed by atoms with Gasteiger partial charge in [0.15, 0.2) is 0 Å². The zero-order valence-corrected chi connectivity index (χ0v) is 26.6. The van der Waals surface area contributed by atoms with E-state index in [2.05, 4.69) is 7.18 Å². The van der Waals surface area contributed by atoms with E-state index in [-0.39, 0.29) is 50.4 Å². The summed E-state index contributed by atoms with van der Waals surface area (Å²) in [5.41, 5.74) is 0.645. The van der Waals surface area contributed by atoms with Gasteiger partial charge < -0.3 is 9.90 Å². The Morgan fingerprint density at radius 2 is 1.14 bits per heavy atom. The third-order valence-electron chi connectivity index (χ3n) is 7.31. The van der Waals surface area contributed by atoms with Gasteiger partial charge in [-0.05, 0) is 6.92 Å². The number of hydrogen-bond acceptors (Lipinski definition) is 8. The Morgan fingerprint density at radius 1 is 0.814 bits per heavy atom. The first-order valence-corrected chi connectivity index (χ1v) is 15.0. The van der Waals surface area contributed by atoms with Crippen LogP contribution in [0.2, 0.25) is 0 Å². The van der Waals surface area contributed by atoms with E-state index in [0.29, 0.717) is 22.3 Å². The van der Waals surface area contributed by atoms with Crippen molar-refractivity contribution in [2.75, 3.05) is 0 Å². The van der Waals surface area contributed by atoms with Crippen molar-refractivity contribution < 1.29 is 52.5 Å². The summed E-state index contributed by atoms with van der Waals surface area (Å²) in [6.07, 6.45) is 7.51. The SMILES string of the molecule is CC(=O)[O-].CC(C)(C)c1cc([N+](=O)[O-])cc(C=[N+]2[Mn][N+](=Cc3cc([N+](=O)[O-])cc(C(C)(C)C)c3O)[C@@H]3CCCC[C@H]32)c1O. The maximum atomic E-state index is 11.7. The van der Waals surface area contributed by atoms with Gasteiger partial charge in [-0.1, -0.05) is 0 Å². The minimum absolute atomic E-state index is 0.0273. The molecule has 43 heavy (non-hydrogen) atoms. The van der Waals surface area contributed by atoms with Gasteiger partial charge in [0.25, 0.3) is 0 Å². The molecule has 2 atom stereocenters. The van der Waals surface area contributed by atoms with Crippen LogP contribution >= 0.6 is 0 Å². The molecule has 12 nitrogen and oxygen atoms in total. The molecular formula is C30H39MnN4O8+. The monoisotopic (exact) mass is 638 g/mol. The summed E-state index contributed by atoms with van der Waals surface area (Å²) in [5.74, 6) is -1.03. The second-order valence-corrected chi connectivity index (χ2v) is 14.3. The first-order valence-electron chi connectivity index (χ1n) is 13.9. The predicted octanol–water partition coefficient (Wildman–Crippen LogP) is 4.07. The Balaban J connectivity index is 0.00000119. The molecule has 0 unspecified atom stereocenters. The van der Waals surface area contributed by atoms with Gasteiger partial charge in [-0.15, -0.1) is 0 Å². The number of nitro groups is 2. The van der Waals surface area contributed by atoms with Crippen LogP contribution in [0.1, 0.15) is 96.4 Å². The van der Waals surface area contributed by atoms with Gasteiger partial charge >= 0.3 is 235 Å². The Hall–Kier alpha value is -3.83. The van der Waals surface area contributed by atoms with Crippen LogP contribution in [0.4, 0.5) is 11.4 Å². The molecule has 4 rings (SSSR count). The van der Waals surface area contributed by atoms with Crippen molar-refractivity contribution in [1.82, 2.24) is 0 Å². The van der Waals surface area contributed by atoms with Gasteiger partial charge in [0.2, 0.25) is 0 Å². The third-order valence-corrected chi connectivity index (χ3v) is 8.95. The Bertz CT molecular complexity index is 1400. The number of aliphatic carboxylic acids is 1. The van der Waals surface area contributed by atoms with Crippen LogP contribution in [0.5, 0.6) is 11.5 Å². The number of benzene rings is 2. The van der Waals surface area contributed by atoms with E-state index in [9.17, 15) is 30.4 Å². The summed E-state index contributed by atoms with van der Waals surface area (Å²) in [6, 6.07) is 5.88. The van der Waals surface area contributed by atoms with E-state index in [1.807, 2.05) is 54.0 Å². The fraction of sp³-hybridized carbons (Fsp3) is 0.500. The molecule has 0 aromatic heterocycles. The average Bonchev–Trinajstić information content (AvgIpc) is 3.21. The van der Waals surface area contributed by atoms with Gasteiger partial charge in [-0.25, -0.2) is 0 Å². The number of phenols is 2. The molecule has 0 spiro atoms. The number of carbonyl (C=O) groups is 1. The minimum atomic E-state index is -1.08. The van der Waals surface area contributed by atoms with Crippen molar-refractivity contribution in [2.45, 2.75) is 97.1 Å². The normalized spacial score (nSPS) is 20.3. The van der Waals surface area contributed by atoms with Crippen LogP contribution in [-0.4, -0.2) is 57.7 Å². The van der Waals surface area contributed by atoms with Crippen molar-refractivity contribution in [2.24, 2.45) is 0 Å². The van der Waals surface area contributed by atoms with E-state index in [0.717, 1.165) is 32.6 Å². The van der Waals surface area contributed by atoms with Gasteiger partial charge in [0.1, 0.15) is 0 Å². The molecule has 2 N–H and O–H groups in total. The van der Waals surface area contributed by atoms with Crippen molar-refractivity contribution in [3.63, 3.8) is 0 Å². The Morgan fingerprint density at radius 3 is 1.42 bits per heavy atom. The molecule has 2 fully saturated rings. The molecule has 233 valence electrons. The number of fused-ring (bicyclic) bond motifs is 1. The van der Waals surface area contributed by atoms with E-state index in [1.54, 1.807) is 0 Å². The van der Waals surface area contributed by atoms with Crippen molar-refractivity contribution in [3.8, 4) is 11.5 Å². The zero-order chi connectivity index (χ0) is 32.4. The number of rotatable bonds is 4. The van der Waals surface area contributed by atoms with E-state index < -0.39 is 26.6 Å². The van der Waals surface area contributed by atoms with E-state index in [1.165, 1.54) is 24.3 Å².